The Morgan fingerprint density at radius 1 is 1.50 bits per heavy atom. The van der Waals surface area contributed by atoms with Gasteiger partial charge in [-0.2, -0.15) is 5.26 Å². The van der Waals surface area contributed by atoms with E-state index in [1.807, 2.05) is 0 Å². The van der Waals surface area contributed by atoms with Crippen molar-refractivity contribution in [2.45, 2.75) is 52.1 Å². The van der Waals surface area contributed by atoms with Crippen molar-refractivity contribution >= 4 is 0 Å². The van der Waals surface area contributed by atoms with Crippen LogP contribution in [0.5, 0.6) is 0 Å². The van der Waals surface area contributed by atoms with Gasteiger partial charge in [-0.15, -0.1) is 0 Å². The van der Waals surface area contributed by atoms with E-state index in [0.717, 1.165) is 6.42 Å². The molecule has 0 aliphatic carbocycles. The smallest absolute Gasteiger partial charge is 0.0638 e. The summed E-state index contributed by atoms with van der Waals surface area (Å²) in [5.41, 5.74) is 0.205. The molecule has 12 heavy (non-hydrogen) atoms. The lowest BCUT2D eigenvalue weighted by Gasteiger charge is -2.38. The summed E-state index contributed by atoms with van der Waals surface area (Å²) in [6.07, 6.45) is 1.72. The Labute approximate surface area is 76.2 Å². The number of rotatable bonds is 4. The largest absolute Gasteiger partial charge is 0.298 e. The molecule has 0 aliphatic heterocycles. The highest BCUT2D eigenvalue weighted by molar-refractivity contribution is 4.86. The van der Waals surface area contributed by atoms with Crippen molar-refractivity contribution in [1.82, 2.24) is 4.90 Å². The maximum Gasteiger partial charge on any atom is 0.0638 e. The molecule has 1 unspecified atom stereocenters. The van der Waals surface area contributed by atoms with Gasteiger partial charge in [0.15, 0.2) is 0 Å². The molecule has 0 saturated heterocycles. The maximum absolute atomic E-state index is 8.55. The third-order valence-electron chi connectivity index (χ3n) is 2.87. The number of hydrogen-bond acceptors (Lipinski definition) is 2. The average Bonchev–Trinajstić information content (AvgIpc) is 2.03. The molecule has 2 nitrogen and oxygen atoms in total. The molecule has 0 aromatic rings. The molecular formula is C10H20N2. The van der Waals surface area contributed by atoms with Crippen molar-refractivity contribution in [3.63, 3.8) is 0 Å². The molecule has 0 rings (SSSR count). The first-order valence-corrected chi connectivity index (χ1v) is 4.55. The molecule has 0 amide bonds. The van der Waals surface area contributed by atoms with Gasteiger partial charge in [0.05, 0.1) is 12.5 Å². The van der Waals surface area contributed by atoms with E-state index in [9.17, 15) is 0 Å². The van der Waals surface area contributed by atoms with E-state index in [0.29, 0.717) is 12.5 Å². The summed E-state index contributed by atoms with van der Waals surface area (Å²) in [6.45, 7) is 8.69. The number of nitrogens with zero attached hydrogens (tertiary/aromatic N) is 2. The van der Waals surface area contributed by atoms with E-state index in [1.54, 1.807) is 0 Å². The zero-order valence-corrected chi connectivity index (χ0v) is 8.89. The van der Waals surface area contributed by atoms with Gasteiger partial charge in [0.25, 0.3) is 0 Å². The molecular weight excluding hydrogens is 148 g/mol. The van der Waals surface area contributed by atoms with E-state index in [2.05, 4.69) is 45.7 Å². The Hall–Kier alpha value is -0.550. The minimum atomic E-state index is 0.205. The SMILES string of the molecule is CCC(C)(C)N(C)C(C)CC#N. The summed E-state index contributed by atoms with van der Waals surface area (Å²) in [5, 5.41) is 8.55. The van der Waals surface area contributed by atoms with Gasteiger partial charge in [0.2, 0.25) is 0 Å². The first-order chi connectivity index (χ1) is 5.45. The predicted molar refractivity (Wildman–Crippen MR) is 51.8 cm³/mol. The molecule has 1 atom stereocenters. The molecule has 0 bridgehead atoms. The van der Waals surface area contributed by atoms with Crippen LogP contribution in [0.1, 0.15) is 40.5 Å². The number of nitriles is 1. The standard InChI is InChI=1S/C10H20N2/c1-6-10(3,4)12(5)9(2)7-8-11/h9H,6-7H2,1-5H3. The van der Waals surface area contributed by atoms with E-state index in [1.165, 1.54) is 0 Å². The van der Waals surface area contributed by atoms with E-state index < -0.39 is 0 Å². The molecule has 0 aromatic heterocycles. The molecule has 0 aliphatic rings. The van der Waals surface area contributed by atoms with Gasteiger partial charge in [-0.05, 0) is 34.2 Å². The lowest BCUT2D eigenvalue weighted by atomic mass is 9.97. The van der Waals surface area contributed by atoms with Crippen LogP contribution in [0.3, 0.4) is 0 Å². The minimum absolute atomic E-state index is 0.205. The molecule has 0 saturated carbocycles. The summed E-state index contributed by atoms with van der Waals surface area (Å²) in [7, 11) is 2.09. The molecule has 0 N–H and O–H groups in total. The van der Waals surface area contributed by atoms with Crippen molar-refractivity contribution in [1.29, 1.82) is 5.26 Å². The van der Waals surface area contributed by atoms with E-state index >= 15 is 0 Å². The van der Waals surface area contributed by atoms with Crippen LogP contribution in [0, 0.1) is 11.3 Å². The normalized spacial score (nSPS) is 14.4. The Balaban J connectivity index is 4.19. The molecule has 70 valence electrons. The molecule has 0 heterocycles. The van der Waals surface area contributed by atoms with Crippen LogP contribution in [0.2, 0.25) is 0 Å². The molecule has 0 fully saturated rings. The zero-order valence-electron chi connectivity index (χ0n) is 8.89. The van der Waals surface area contributed by atoms with Crippen LogP contribution in [0.25, 0.3) is 0 Å². The van der Waals surface area contributed by atoms with Crippen molar-refractivity contribution in [2.24, 2.45) is 0 Å². The van der Waals surface area contributed by atoms with Crippen LogP contribution in [0.4, 0.5) is 0 Å². The number of hydrogen-bond donors (Lipinski definition) is 0. The highest BCUT2D eigenvalue weighted by Gasteiger charge is 2.24. The summed E-state index contributed by atoms with van der Waals surface area (Å²) < 4.78 is 0. The van der Waals surface area contributed by atoms with E-state index in [-0.39, 0.29) is 5.54 Å². The topological polar surface area (TPSA) is 27.0 Å². The second-order valence-electron chi connectivity index (χ2n) is 3.99. The summed E-state index contributed by atoms with van der Waals surface area (Å²) >= 11 is 0. The van der Waals surface area contributed by atoms with Crippen molar-refractivity contribution in [3.05, 3.63) is 0 Å². The molecule has 0 spiro atoms. The Bertz CT molecular complexity index is 167. The van der Waals surface area contributed by atoms with Gasteiger partial charge in [-0.1, -0.05) is 6.92 Å². The Kier molecular flexibility index (Phi) is 4.26. The Morgan fingerprint density at radius 2 is 2.00 bits per heavy atom. The monoisotopic (exact) mass is 168 g/mol. The van der Waals surface area contributed by atoms with Crippen LogP contribution >= 0.6 is 0 Å². The third kappa shape index (κ3) is 2.83. The fraction of sp³-hybridized carbons (Fsp3) is 0.900. The van der Waals surface area contributed by atoms with Gasteiger partial charge in [0.1, 0.15) is 0 Å². The zero-order chi connectivity index (χ0) is 9.78. The van der Waals surface area contributed by atoms with Crippen LogP contribution < -0.4 is 0 Å². The maximum atomic E-state index is 8.55. The molecule has 0 radical (unpaired) electrons. The second-order valence-corrected chi connectivity index (χ2v) is 3.99. The predicted octanol–water partition coefficient (Wildman–Crippen LogP) is 2.41. The van der Waals surface area contributed by atoms with Crippen LogP contribution in [-0.4, -0.2) is 23.5 Å². The van der Waals surface area contributed by atoms with Gasteiger partial charge in [-0.3, -0.25) is 4.90 Å². The highest BCUT2D eigenvalue weighted by Crippen LogP contribution is 2.19. The quantitative estimate of drug-likeness (QED) is 0.644. The second kappa shape index (κ2) is 4.47. The molecule has 2 heteroatoms. The van der Waals surface area contributed by atoms with Gasteiger partial charge in [-0.25, -0.2) is 0 Å². The van der Waals surface area contributed by atoms with Crippen molar-refractivity contribution < 1.29 is 0 Å². The van der Waals surface area contributed by atoms with Gasteiger partial charge < -0.3 is 0 Å². The first kappa shape index (κ1) is 11.4. The van der Waals surface area contributed by atoms with Crippen LogP contribution in [-0.2, 0) is 0 Å². The highest BCUT2D eigenvalue weighted by atomic mass is 15.2. The van der Waals surface area contributed by atoms with Crippen molar-refractivity contribution in [3.8, 4) is 6.07 Å². The minimum Gasteiger partial charge on any atom is -0.298 e. The van der Waals surface area contributed by atoms with E-state index in [4.69, 9.17) is 5.26 Å². The fourth-order valence-corrected chi connectivity index (χ4v) is 1.12. The summed E-state index contributed by atoms with van der Waals surface area (Å²) in [6, 6.07) is 2.55. The molecule has 0 aromatic carbocycles. The average molecular weight is 168 g/mol. The lowest BCUT2D eigenvalue weighted by Crippen LogP contribution is -2.45. The third-order valence-corrected chi connectivity index (χ3v) is 2.87. The van der Waals surface area contributed by atoms with Gasteiger partial charge in [0, 0.05) is 11.6 Å². The van der Waals surface area contributed by atoms with Crippen molar-refractivity contribution in [2.75, 3.05) is 7.05 Å². The lowest BCUT2D eigenvalue weighted by molar-refractivity contribution is 0.108. The summed E-state index contributed by atoms with van der Waals surface area (Å²) in [5.74, 6) is 0. The first-order valence-electron chi connectivity index (χ1n) is 4.55. The Morgan fingerprint density at radius 3 is 2.33 bits per heavy atom. The van der Waals surface area contributed by atoms with Gasteiger partial charge >= 0.3 is 0 Å². The summed E-state index contributed by atoms with van der Waals surface area (Å²) in [4.78, 5) is 2.27. The fourth-order valence-electron chi connectivity index (χ4n) is 1.12. The van der Waals surface area contributed by atoms with Crippen LogP contribution in [0.15, 0.2) is 0 Å².